The Kier molecular flexibility index (Phi) is 4.80. The lowest BCUT2D eigenvalue weighted by atomic mass is 10.0. The lowest BCUT2D eigenvalue weighted by Gasteiger charge is -2.27. The van der Waals surface area contributed by atoms with Gasteiger partial charge in [-0.2, -0.15) is 0 Å². The van der Waals surface area contributed by atoms with Crippen molar-refractivity contribution in [2.45, 2.75) is 19.0 Å². The van der Waals surface area contributed by atoms with Crippen LogP contribution >= 0.6 is 12.2 Å². The number of nitrogens with zero attached hydrogens (tertiary/aromatic N) is 3. The number of hydrogen-bond acceptors (Lipinski definition) is 4. The van der Waals surface area contributed by atoms with E-state index in [0.29, 0.717) is 11.7 Å². The van der Waals surface area contributed by atoms with Gasteiger partial charge in [0.15, 0.2) is 5.11 Å². The Morgan fingerprint density at radius 3 is 2.83 bits per heavy atom. The van der Waals surface area contributed by atoms with Crippen molar-refractivity contribution in [1.29, 1.82) is 0 Å². The molecule has 126 valence electrons. The first-order valence-electron chi connectivity index (χ1n) is 7.86. The molecular weight excluding hydrogens is 324 g/mol. The maximum atomic E-state index is 12.0. The van der Waals surface area contributed by atoms with E-state index in [-0.39, 0.29) is 24.6 Å². The molecule has 6 nitrogen and oxygen atoms in total. The first-order chi connectivity index (χ1) is 11.6. The summed E-state index contributed by atoms with van der Waals surface area (Å²) in [6, 6.07) is 9.56. The Morgan fingerprint density at radius 1 is 1.38 bits per heavy atom. The van der Waals surface area contributed by atoms with Gasteiger partial charge in [0.1, 0.15) is 6.54 Å². The van der Waals surface area contributed by atoms with Gasteiger partial charge in [0.25, 0.3) is 0 Å². The normalized spacial score (nSPS) is 20.1. The number of hydrogen-bond donors (Lipinski definition) is 1. The third-order valence-electron chi connectivity index (χ3n) is 4.09. The lowest BCUT2D eigenvalue weighted by Crippen LogP contribution is -2.35. The summed E-state index contributed by atoms with van der Waals surface area (Å²) >= 11 is 5.48. The Labute approximate surface area is 146 Å². The SMILES string of the molecule is CCOC(=O)CN1C(=S)N[C@H](c2ccccn2)[C@@H]1c1cccn1C. The number of thiocarbonyl (C=S) groups is 1. The van der Waals surface area contributed by atoms with Gasteiger partial charge in [0, 0.05) is 25.1 Å². The Morgan fingerprint density at radius 2 is 2.21 bits per heavy atom. The summed E-state index contributed by atoms with van der Waals surface area (Å²) in [6.07, 6.45) is 3.74. The quantitative estimate of drug-likeness (QED) is 0.661. The van der Waals surface area contributed by atoms with Gasteiger partial charge in [0.05, 0.1) is 24.4 Å². The van der Waals surface area contributed by atoms with Gasteiger partial charge in [-0.05, 0) is 43.4 Å². The maximum Gasteiger partial charge on any atom is 0.325 e. The fraction of sp³-hybridized carbons (Fsp3) is 0.353. The highest BCUT2D eigenvalue weighted by molar-refractivity contribution is 7.80. The number of carbonyl (C=O) groups excluding carboxylic acids is 1. The average Bonchev–Trinajstić information content (AvgIpc) is 3.12. The van der Waals surface area contributed by atoms with Crippen molar-refractivity contribution in [3.8, 4) is 0 Å². The first kappa shape index (κ1) is 16.4. The lowest BCUT2D eigenvalue weighted by molar-refractivity contribution is -0.143. The highest BCUT2D eigenvalue weighted by Crippen LogP contribution is 2.38. The third kappa shape index (κ3) is 3.12. The van der Waals surface area contributed by atoms with Crippen LogP contribution in [0.1, 0.15) is 30.4 Å². The molecule has 1 aliphatic rings. The summed E-state index contributed by atoms with van der Waals surface area (Å²) in [6.45, 7) is 2.26. The van der Waals surface area contributed by atoms with Gasteiger partial charge in [-0.3, -0.25) is 9.78 Å². The van der Waals surface area contributed by atoms with Gasteiger partial charge in [-0.15, -0.1) is 0 Å². The van der Waals surface area contributed by atoms with Gasteiger partial charge in [-0.1, -0.05) is 6.07 Å². The van der Waals surface area contributed by atoms with Crippen LogP contribution in [0.25, 0.3) is 0 Å². The van der Waals surface area contributed by atoms with Crippen LogP contribution in [0.15, 0.2) is 42.7 Å². The van der Waals surface area contributed by atoms with Gasteiger partial charge < -0.3 is 19.5 Å². The fourth-order valence-electron chi connectivity index (χ4n) is 3.02. The minimum Gasteiger partial charge on any atom is -0.465 e. The van der Waals surface area contributed by atoms with E-state index in [1.54, 1.807) is 13.1 Å². The Bertz CT molecular complexity index is 731. The number of nitrogens with one attached hydrogen (secondary N) is 1. The molecule has 0 amide bonds. The van der Waals surface area contributed by atoms with E-state index < -0.39 is 0 Å². The number of rotatable bonds is 5. The van der Waals surface area contributed by atoms with Crippen molar-refractivity contribution >= 4 is 23.3 Å². The topological polar surface area (TPSA) is 59.4 Å². The van der Waals surface area contributed by atoms with Crippen LogP contribution in [-0.4, -0.2) is 38.7 Å². The van der Waals surface area contributed by atoms with Crippen LogP contribution in [0, 0.1) is 0 Å². The van der Waals surface area contributed by atoms with Crippen LogP contribution < -0.4 is 5.32 Å². The van der Waals surface area contributed by atoms with Crippen LogP contribution in [0.4, 0.5) is 0 Å². The molecule has 2 aromatic rings. The summed E-state index contributed by atoms with van der Waals surface area (Å²) < 4.78 is 7.13. The monoisotopic (exact) mass is 344 g/mol. The standard InChI is InChI=1S/C17H20N4O2S/c1-3-23-14(22)11-21-16(13-8-6-10-20(13)2)15(19-17(21)24)12-7-4-5-9-18-12/h4-10,15-16H,3,11H2,1-2H3,(H,19,24)/t15-,16+/m1/s1. The predicted molar refractivity (Wildman–Crippen MR) is 94.2 cm³/mol. The van der Waals surface area contributed by atoms with Crippen molar-refractivity contribution in [3.05, 3.63) is 54.1 Å². The minimum absolute atomic E-state index is 0.110. The second-order valence-corrected chi connectivity index (χ2v) is 5.99. The molecular formula is C17H20N4O2S. The zero-order chi connectivity index (χ0) is 17.1. The van der Waals surface area contributed by atoms with Crippen molar-refractivity contribution in [2.24, 2.45) is 7.05 Å². The molecule has 0 bridgehead atoms. The molecule has 24 heavy (non-hydrogen) atoms. The number of esters is 1. The summed E-state index contributed by atoms with van der Waals surface area (Å²) in [5.74, 6) is -0.289. The van der Waals surface area contributed by atoms with Crippen molar-refractivity contribution in [2.75, 3.05) is 13.2 Å². The molecule has 0 aliphatic carbocycles. The van der Waals surface area contributed by atoms with Gasteiger partial charge in [0.2, 0.25) is 0 Å². The second kappa shape index (κ2) is 7.00. The number of aryl methyl sites for hydroxylation is 1. The molecule has 1 saturated heterocycles. The largest absolute Gasteiger partial charge is 0.465 e. The molecule has 1 fully saturated rings. The molecule has 3 heterocycles. The van der Waals surface area contributed by atoms with Crippen LogP contribution in [0.3, 0.4) is 0 Å². The smallest absolute Gasteiger partial charge is 0.325 e. The summed E-state index contributed by atoms with van der Waals surface area (Å²) in [5.41, 5.74) is 1.94. The van der Waals surface area contributed by atoms with E-state index in [0.717, 1.165) is 11.4 Å². The molecule has 0 unspecified atom stereocenters. The molecule has 1 aliphatic heterocycles. The van der Waals surface area contributed by atoms with E-state index in [4.69, 9.17) is 17.0 Å². The number of carbonyl (C=O) groups is 1. The van der Waals surface area contributed by atoms with E-state index >= 15 is 0 Å². The minimum atomic E-state index is -0.289. The maximum absolute atomic E-state index is 12.0. The molecule has 1 N–H and O–H groups in total. The number of aromatic nitrogens is 2. The zero-order valence-electron chi connectivity index (χ0n) is 13.7. The molecule has 0 saturated carbocycles. The third-order valence-corrected chi connectivity index (χ3v) is 4.44. The Balaban J connectivity index is 1.97. The number of pyridine rings is 1. The molecule has 0 spiro atoms. The summed E-state index contributed by atoms with van der Waals surface area (Å²) in [5, 5.41) is 3.84. The molecule has 7 heteroatoms. The summed E-state index contributed by atoms with van der Waals surface area (Å²) in [4.78, 5) is 18.4. The highest BCUT2D eigenvalue weighted by atomic mass is 32.1. The van der Waals surface area contributed by atoms with Gasteiger partial charge in [-0.25, -0.2) is 0 Å². The van der Waals surface area contributed by atoms with Crippen molar-refractivity contribution in [3.63, 3.8) is 0 Å². The van der Waals surface area contributed by atoms with Crippen molar-refractivity contribution < 1.29 is 9.53 Å². The van der Waals surface area contributed by atoms with Crippen LogP contribution in [0.5, 0.6) is 0 Å². The van der Waals surface area contributed by atoms with Crippen LogP contribution in [-0.2, 0) is 16.6 Å². The van der Waals surface area contributed by atoms with Crippen molar-refractivity contribution in [1.82, 2.24) is 19.8 Å². The molecule has 0 radical (unpaired) electrons. The molecule has 2 aromatic heterocycles. The van der Waals surface area contributed by atoms with Crippen LogP contribution in [0.2, 0.25) is 0 Å². The Hall–Kier alpha value is -2.41. The van der Waals surface area contributed by atoms with E-state index in [1.807, 2.05) is 53.0 Å². The van der Waals surface area contributed by atoms with E-state index in [9.17, 15) is 4.79 Å². The molecule has 2 atom stereocenters. The molecule has 3 rings (SSSR count). The second-order valence-electron chi connectivity index (χ2n) is 5.60. The number of ether oxygens (including phenoxy) is 1. The average molecular weight is 344 g/mol. The zero-order valence-corrected chi connectivity index (χ0v) is 14.5. The summed E-state index contributed by atoms with van der Waals surface area (Å²) in [7, 11) is 1.98. The highest BCUT2D eigenvalue weighted by Gasteiger charge is 2.41. The first-order valence-corrected chi connectivity index (χ1v) is 8.27. The van der Waals surface area contributed by atoms with E-state index in [1.165, 1.54) is 0 Å². The van der Waals surface area contributed by atoms with E-state index in [2.05, 4.69) is 10.3 Å². The fourth-order valence-corrected chi connectivity index (χ4v) is 3.33. The molecule has 0 aromatic carbocycles. The predicted octanol–water partition coefficient (Wildman–Crippen LogP) is 1.96. The van der Waals surface area contributed by atoms with Gasteiger partial charge >= 0.3 is 5.97 Å².